The molecule has 5 aromatic rings. The number of nitrogens with zero attached hydrogens (tertiary/aromatic N) is 5. The van der Waals surface area contributed by atoms with Crippen LogP contribution in [0.1, 0.15) is 45.0 Å². The van der Waals surface area contributed by atoms with Gasteiger partial charge in [0.2, 0.25) is 5.91 Å². The molecule has 2 atom stereocenters. The molecule has 0 aliphatic carbocycles. The van der Waals surface area contributed by atoms with Crippen molar-refractivity contribution in [2.24, 2.45) is 5.73 Å². The summed E-state index contributed by atoms with van der Waals surface area (Å²) in [5.74, 6) is -0.455. The van der Waals surface area contributed by atoms with Crippen molar-refractivity contribution in [1.29, 1.82) is 0 Å². The molecule has 1 fully saturated rings. The van der Waals surface area contributed by atoms with E-state index in [2.05, 4.69) is 48.1 Å². The Morgan fingerprint density at radius 3 is 2.21 bits per heavy atom. The molecule has 2 amide bonds. The molecule has 0 bridgehead atoms. The van der Waals surface area contributed by atoms with Crippen LogP contribution < -0.4 is 10.6 Å². The average molecular weight is 577 g/mol. The number of hydrogen-bond acceptors (Lipinski definition) is 6. The van der Waals surface area contributed by atoms with Crippen LogP contribution in [0.3, 0.4) is 0 Å². The number of amides is 2. The molecule has 1 saturated heterocycles. The van der Waals surface area contributed by atoms with E-state index in [-0.39, 0.29) is 18.2 Å². The summed E-state index contributed by atoms with van der Waals surface area (Å²) in [7, 11) is 0. The number of ether oxygens (including phenoxy) is 1. The van der Waals surface area contributed by atoms with E-state index in [9.17, 15) is 9.59 Å². The summed E-state index contributed by atoms with van der Waals surface area (Å²) in [6.45, 7) is 11.1. The summed E-state index contributed by atoms with van der Waals surface area (Å²) in [4.78, 5) is 33.6. The largest absolute Gasteiger partial charge is 0.444 e. The topological polar surface area (TPSA) is 106 Å². The van der Waals surface area contributed by atoms with Crippen molar-refractivity contribution in [3.8, 4) is 22.3 Å². The maximum absolute atomic E-state index is 12.7. The van der Waals surface area contributed by atoms with Gasteiger partial charge in [0.25, 0.3) is 0 Å². The number of fused-ring (bicyclic) bond motifs is 2. The third-order valence-electron chi connectivity index (χ3n) is 7.90. The maximum Gasteiger partial charge on any atom is 0.410 e. The smallest absolute Gasteiger partial charge is 0.410 e. The van der Waals surface area contributed by atoms with Crippen molar-refractivity contribution in [1.82, 2.24) is 19.5 Å². The van der Waals surface area contributed by atoms with Gasteiger partial charge >= 0.3 is 6.09 Å². The zero-order chi connectivity index (χ0) is 30.5. The Balaban J connectivity index is 1.24. The fourth-order valence-electron chi connectivity index (χ4n) is 6.11. The molecule has 3 heterocycles. The van der Waals surface area contributed by atoms with E-state index in [1.165, 1.54) is 0 Å². The molecule has 6 rings (SSSR count). The first-order chi connectivity index (χ1) is 20.5. The predicted octanol–water partition coefficient (Wildman–Crippen LogP) is 6.15. The number of nitrogens with two attached hydrogens (primary N) is 1. The highest BCUT2D eigenvalue weighted by Crippen LogP contribution is 2.33. The third-order valence-corrected chi connectivity index (χ3v) is 7.90. The molecule has 0 unspecified atom stereocenters. The molecule has 2 aromatic heterocycles. The Bertz CT molecular complexity index is 1830. The summed E-state index contributed by atoms with van der Waals surface area (Å²) >= 11 is 0. The molecule has 0 radical (unpaired) electrons. The number of primary amides is 1. The minimum atomic E-state index is -0.516. The van der Waals surface area contributed by atoms with Crippen LogP contribution in [-0.4, -0.2) is 62.3 Å². The second-order valence-corrected chi connectivity index (χ2v) is 12.3. The van der Waals surface area contributed by atoms with Crippen molar-refractivity contribution >= 4 is 34.1 Å². The van der Waals surface area contributed by atoms with Crippen molar-refractivity contribution < 1.29 is 14.3 Å². The highest BCUT2D eigenvalue weighted by molar-refractivity contribution is 6.10. The van der Waals surface area contributed by atoms with Crippen LogP contribution in [-0.2, 0) is 4.74 Å². The molecular formula is C34H36N6O3. The van der Waals surface area contributed by atoms with Crippen molar-refractivity contribution in [3.63, 3.8) is 0 Å². The van der Waals surface area contributed by atoms with Crippen LogP contribution >= 0.6 is 0 Å². The van der Waals surface area contributed by atoms with Gasteiger partial charge in [0, 0.05) is 59.9 Å². The minimum absolute atomic E-state index is 0.135. The number of anilines is 1. The summed E-state index contributed by atoms with van der Waals surface area (Å²) in [5.41, 5.74) is 11.2. The fraction of sp³-hybridized carbons (Fsp3) is 0.294. The SMILES string of the molecule is C[C@@H]1CN(C(=O)OC(C)(C)C)C[C@H](C)N1c1ccc(-c2cnc3c(-c4cccc5c(C(N)=O)cccc45)cnn3c2)cc1. The Labute approximate surface area is 250 Å². The van der Waals surface area contributed by atoms with E-state index in [1.807, 2.05) is 63.5 Å². The van der Waals surface area contributed by atoms with Crippen LogP contribution in [0.15, 0.2) is 79.3 Å². The van der Waals surface area contributed by atoms with Gasteiger partial charge in [-0.1, -0.05) is 42.5 Å². The standard InChI is InChI=1S/C34H36N6O3/c1-21-18-38(33(42)43-34(3,4)5)19-22(2)40(21)25-14-12-23(13-15-25)24-16-36-32-30(17-37-39(32)20-24)28-10-6-9-27-26(28)8-7-11-29(27)31(35)41/h6-17,20-22H,18-19H2,1-5H3,(H2,35,41)/t21-,22+. The zero-order valence-corrected chi connectivity index (χ0v) is 25.1. The Morgan fingerprint density at radius 1 is 0.860 bits per heavy atom. The predicted molar refractivity (Wildman–Crippen MR) is 169 cm³/mol. The summed E-state index contributed by atoms with van der Waals surface area (Å²) in [6, 6.07) is 20.1. The molecule has 220 valence electrons. The number of rotatable bonds is 4. The van der Waals surface area contributed by atoms with Crippen LogP contribution in [0.2, 0.25) is 0 Å². The van der Waals surface area contributed by atoms with Crippen molar-refractivity contribution in [2.75, 3.05) is 18.0 Å². The van der Waals surface area contributed by atoms with Gasteiger partial charge in [0.15, 0.2) is 5.65 Å². The Hall–Kier alpha value is -4.92. The van der Waals surface area contributed by atoms with Gasteiger partial charge in [-0.3, -0.25) is 4.79 Å². The van der Waals surface area contributed by atoms with Crippen LogP contribution in [0, 0.1) is 0 Å². The van der Waals surface area contributed by atoms with Gasteiger partial charge < -0.3 is 20.3 Å². The first-order valence-corrected chi connectivity index (χ1v) is 14.5. The lowest BCUT2D eigenvalue weighted by Gasteiger charge is -2.45. The molecule has 3 aromatic carbocycles. The summed E-state index contributed by atoms with van der Waals surface area (Å²) in [6.07, 6.45) is 5.38. The number of hydrogen-bond donors (Lipinski definition) is 1. The van der Waals surface area contributed by atoms with Gasteiger partial charge in [-0.15, -0.1) is 0 Å². The highest BCUT2D eigenvalue weighted by Gasteiger charge is 2.34. The van der Waals surface area contributed by atoms with E-state index in [0.29, 0.717) is 18.7 Å². The lowest BCUT2D eigenvalue weighted by molar-refractivity contribution is 0.0193. The molecule has 1 aliphatic rings. The molecule has 43 heavy (non-hydrogen) atoms. The monoisotopic (exact) mass is 576 g/mol. The van der Waals surface area contributed by atoms with Gasteiger partial charge in [-0.25, -0.2) is 14.3 Å². The summed E-state index contributed by atoms with van der Waals surface area (Å²) < 4.78 is 7.39. The van der Waals surface area contributed by atoms with E-state index in [4.69, 9.17) is 15.5 Å². The molecule has 1 aliphatic heterocycles. The fourth-order valence-corrected chi connectivity index (χ4v) is 6.11. The molecule has 0 saturated carbocycles. The quantitative estimate of drug-likeness (QED) is 0.275. The van der Waals surface area contributed by atoms with Crippen molar-refractivity contribution in [3.05, 3.63) is 84.8 Å². The Morgan fingerprint density at radius 2 is 1.53 bits per heavy atom. The van der Waals surface area contributed by atoms with Gasteiger partial charge in [0.1, 0.15) is 5.60 Å². The number of carbonyl (C=O) groups excluding carboxylic acids is 2. The number of aromatic nitrogens is 3. The van der Waals surface area contributed by atoms with E-state index >= 15 is 0 Å². The minimum Gasteiger partial charge on any atom is -0.444 e. The second-order valence-electron chi connectivity index (χ2n) is 12.3. The first kappa shape index (κ1) is 28.2. The third kappa shape index (κ3) is 5.38. The van der Waals surface area contributed by atoms with Crippen molar-refractivity contribution in [2.45, 2.75) is 52.3 Å². The molecule has 9 heteroatoms. The van der Waals surface area contributed by atoms with Gasteiger partial charge in [-0.2, -0.15) is 5.10 Å². The van der Waals surface area contributed by atoms with E-state index in [0.717, 1.165) is 44.4 Å². The molecule has 2 N–H and O–H groups in total. The van der Waals surface area contributed by atoms with Gasteiger partial charge in [0.05, 0.1) is 6.20 Å². The second kappa shape index (κ2) is 10.7. The normalized spacial score (nSPS) is 17.4. The molecule has 9 nitrogen and oxygen atoms in total. The van der Waals surface area contributed by atoms with Crippen LogP contribution in [0.5, 0.6) is 0 Å². The molecule has 0 spiro atoms. The summed E-state index contributed by atoms with van der Waals surface area (Å²) in [5, 5.41) is 6.34. The number of piperazine rings is 1. The van der Waals surface area contributed by atoms with Gasteiger partial charge in [-0.05, 0) is 74.7 Å². The maximum atomic E-state index is 12.7. The highest BCUT2D eigenvalue weighted by atomic mass is 16.6. The Kier molecular flexibility index (Phi) is 7.04. The van der Waals surface area contributed by atoms with Crippen LogP contribution in [0.4, 0.5) is 10.5 Å². The number of benzene rings is 3. The van der Waals surface area contributed by atoms with Crippen LogP contribution in [0.25, 0.3) is 38.7 Å². The first-order valence-electron chi connectivity index (χ1n) is 14.5. The lowest BCUT2D eigenvalue weighted by atomic mass is 9.96. The molecular weight excluding hydrogens is 540 g/mol. The zero-order valence-electron chi connectivity index (χ0n) is 25.1. The average Bonchev–Trinajstić information content (AvgIpc) is 3.38. The van der Waals surface area contributed by atoms with E-state index in [1.54, 1.807) is 21.7 Å². The number of carbonyl (C=O) groups is 2. The lowest BCUT2D eigenvalue weighted by Crippen LogP contribution is -2.58. The van der Waals surface area contributed by atoms with E-state index < -0.39 is 11.5 Å².